The van der Waals surface area contributed by atoms with Crippen LogP contribution in [-0.2, 0) is 9.59 Å². The first-order valence-corrected chi connectivity index (χ1v) is 12.1. The molecule has 3 rings (SSSR count). The summed E-state index contributed by atoms with van der Waals surface area (Å²) >= 11 is 0. The van der Waals surface area contributed by atoms with Crippen LogP contribution in [0, 0.1) is 5.92 Å². The summed E-state index contributed by atoms with van der Waals surface area (Å²) in [4.78, 5) is 31.7. The van der Waals surface area contributed by atoms with Crippen molar-refractivity contribution in [1.82, 2.24) is 14.5 Å². The molecule has 0 aliphatic rings. The van der Waals surface area contributed by atoms with E-state index in [0.717, 1.165) is 22.7 Å². The number of carbonyl (C=O) groups is 2. The maximum absolute atomic E-state index is 13.0. The van der Waals surface area contributed by atoms with Gasteiger partial charge in [0.05, 0.1) is 19.3 Å². The molecule has 0 fully saturated rings. The second kappa shape index (κ2) is 11.7. The lowest BCUT2D eigenvalue weighted by atomic mass is 10.0. The lowest BCUT2D eigenvalue weighted by Gasteiger charge is -2.23. The number of hydrogen-bond donors (Lipinski definition) is 1. The molecule has 3 aromatic rings. The molecule has 0 saturated heterocycles. The molecule has 2 aromatic carbocycles. The smallest absolute Gasteiger partial charge is 0.246 e. The van der Waals surface area contributed by atoms with E-state index in [1.54, 1.807) is 12.0 Å². The molecule has 7 heteroatoms. The van der Waals surface area contributed by atoms with Gasteiger partial charge < -0.3 is 9.64 Å². The van der Waals surface area contributed by atoms with E-state index in [1.165, 1.54) is 5.56 Å². The number of nitrogens with zero attached hydrogens (tertiary/aromatic N) is 3. The van der Waals surface area contributed by atoms with Gasteiger partial charge in [0, 0.05) is 30.4 Å². The molecule has 1 N–H and O–H groups in total. The number of hydrogen-bond acceptors (Lipinski definition) is 4. The van der Waals surface area contributed by atoms with Gasteiger partial charge in [0.2, 0.25) is 17.8 Å². The van der Waals surface area contributed by atoms with Crippen LogP contribution in [0.15, 0.2) is 54.7 Å². The predicted molar refractivity (Wildman–Crippen MR) is 140 cm³/mol. The Labute approximate surface area is 208 Å². The number of ether oxygens (including phenoxy) is 1. The van der Waals surface area contributed by atoms with E-state index in [4.69, 9.17) is 9.72 Å². The van der Waals surface area contributed by atoms with E-state index in [2.05, 4.69) is 31.3 Å². The maximum atomic E-state index is 13.0. The van der Waals surface area contributed by atoms with Crippen LogP contribution >= 0.6 is 0 Å². The van der Waals surface area contributed by atoms with Gasteiger partial charge in [-0.1, -0.05) is 46.8 Å². The number of rotatable bonds is 10. The molecule has 1 heterocycles. The first-order chi connectivity index (χ1) is 16.7. The zero-order valence-electron chi connectivity index (χ0n) is 21.5. The third kappa shape index (κ3) is 6.72. The Kier molecular flexibility index (Phi) is 8.68. The molecule has 7 nitrogen and oxygen atoms in total. The van der Waals surface area contributed by atoms with Crippen LogP contribution in [0.3, 0.4) is 0 Å². The molecule has 0 spiro atoms. The Balaban J connectivity index is 1.93. The molecule has 0 saturated carbocycles. The minimum atomic E-state index is -0.278. The number of carbonyl (C=O) groups excluding carboxylic acids is 2. The number of amides is 2. The summed E-state index contributed by atoms with van der Waals surface area (Å²) in [6.45, 7) is 10.7. The molecule has 0 atom stereocenters. The third-order valence-corrected chi connectivity index (χ3v) is 5.76. The van der Waals surface area contributed by atoms with E-state index in [0.29, 0.717) is 24.8 Å². The van der Waals surface area contributed by atoms with Gasteiger partial charge in [-0.15, -0.1) is 0 Å². The average molecular weight is 477 g/mol. The highest BCUT2D eigenvalue weighted by Crippen LogP contribution is 2.27. The summed E-state index contributed by atoms with van der Waals surface area (Å²) in [5.41, 5.74) is 3.75. The van der Waals surface area contributed by atoms with Gasteiger partial charge in [-0.05, 0) is 53.8 Å². The maximum Gasteiger partial charge on any atom is 0.246 e. The fourth-order valence-corrected chi connectivity index (χ4v) is 3.84. The summed E-state index contributed by atoms with van der Waals surface area (Å²) in [5, 5.41) is 2.94. The Morgan fingerprint density at radius 3 is 2.23 bits per heavy atom. The molecule has 0 aliphatic carbocycles. The Morgan fingerprint density at radius 1 is 1.03 bits per heavy atom. The van der Waals surface area contributed by atoms with Crippen molar-refractivity contribution in [3.8, 4) is 22.7 Å². The number of nitrogens with one attached hydrogen (secondary N) is 1. The number of methoxy groups -OCH3 is 1. The second-order valence-electron chi connectivity index (χ2n) is 9.36. The van der Waals surface area contributed by atoms with E-state index < -0.39 is 0 Å². The fraction of sp³-hybridized carbons (Fsp3) is 0.393. The fourth-order valence-electron chi connectivity index (χ4n) is 3.84. The first-order valence-electron chi connectivity index (χ1n) is 12.1. The van der Waals surface area contributed by atoms with Crippen molar-refractivity contribution < 1.29 is 14.3 Å². The van der Waals surface area contributed by atoms with Crippen LogP contribution < -0.4 is 10.1 Å². The summed E-state index contributed by atoms with van der Waals surface area (Å²) < 4.78 is 7.14. The zero-order chi connectivity index (χ0) is 25.5. The number of aromatic nitrogens is 2. The molecular weight excluding hydrogens is 440 g/mol. The minimum Gasteiger partial charge on any atom is -0.497 e. The van der Waals surface area contributed by atoms with Crippen LogP contribution in [0.5, 0.6) is 5.75 Å². The van der Waals surface area contributed by atoms with Crippen molar-refractivity contribution in [3.63, 3.8) is 0 Å². The molecule has 0 bridgehead atoms. The van der Waals surface area contributed by atoms with Crippen molar-refractivity contribution in [3.05, 3.63) is 60.3 Å². The summed E-state index contributed by atoms with van der Waals surface area (Å²) in [6, 6.07) is 15.8. The first kappa shape index (κ1) is 26.0. The molecule has 2 amide bonds. The Hall–Kier alpha value is -3.61. The minimum absolute atomic E-state index is 0.0120. The van der Waals surface area contributed by atoms with E-state index >= 15 is 0 Å². The Morgan fingerprint density at radius 2 is 1.69 bits per heavy atom. The van der Waals surface area contributed by atoms with Crippen molar-refractivity contribution in [2.24, 2.45) is 5.92 Å². The highest BCUT2D eigenvalue weighted by Gasteiger charge is 2.20. The SMILES string of the molecule is CCC(=O)N(CC(=O)Nc1nc(-c2ccc(OC)cc2)cn1-c1ccc(C(C)C)cc1)CC(C)C. The van der Waals surface area contributed by atoms with Crippen LogP contribution in [0.2, 0.25) is 0 Å². The molecular formula is C28H36N4O3. The topological polar surface area (TPSA) is 76.5 Å². The van der Waals surface area contributed by atoms with E-state index in [1.807, 2.05) is 67.9 Å². The van der Waals surface area contributed by atoms with Crippen molar-refractivity contribution >= 4 is 17.8 Å². The zero-order valence-corrected chi connectivity index (χ0v) is 21.5. The van der Waals surface area contributed by atoms with Gasteiger partial charge in [0.1, 0.15) is 5.75 Å². The van der Waals surface area contributed by atoms with Crippen LogP contribution in [-0.4, -0.2) is 46.5 Å². The van der Waals surface area contributed by atoms with Gasteiger partial charge in [0.15, 0.2) is 0 Å². The predicted octanol–water partition coefficient (Wildman–Crippen LogP) is 5.50. The van der Waals surface area contributed by atoms with Crippen LogP contribution in [0.4, 0.5) is 5.95 Å². The summed E-state index contributed by atoms with van der Waals surface area (Å²) in [7, 11) is 1.63. The van der Waals surface area contributed by atoms with Gasteiger partial charge in [-0.2, -0.15) is 0 Å². The molecule has 186 valence electrons. The summed E-state index contributed by atoms with van der Waals surface area (Å²) in [6.07, 6.45) is 2.27. The lowest BCUT2D eigenvalue weighted by molar-refractivity contribution is -0.134. The van der Waals surface area contributed by atoms with Crippen molar-refractivity contribution in [1.29, 1.82) is 0 Å². The van der Waals surface area contributed by atoms with Gasteiger partial charge in [-0.25, -0.2) is 4.98 Å². The highest BCUT2D eigenvalue weighted by atomic mass is 16.5. The van der Waals surface area contributed by atoms with E-state index in [9.17, 15) is 9.59 Å². The van der Waals surface area contributed by atoms with E-state index in [-0.39, 0.29) is 24.3 Å². The molecule has 35 heavy (non-hydrogen) atoms. The molecule has 0 unspecified atom stereocenters. The quantitative estimate of drug-likeness (QED) is 0.419. The van der Waals surface area contributed by atoms with Gasteiger partial charge in [0.25, 0.3) is 0 Å². The molecule has 1 aromatic heterocycles. The number of anilines is 1. The van der Waals surface area contributed by atoms with Crippen LogP contribution in [0.1, 0.15) is 52.5 Å². The van der Waals surface area contributed by atoms with Crippen molar-refractivity contribution in [2.75, 3.05) is 25.5 Å². The van der Waals surface area contributed by atoms with Crippen molar-refractivity contribution in [2.45, 2.75) is 47.0 Å². The van der Waals surface area contributed by atoms with Gasteiger partial charge >= 0.3 is 0 Å². The molecule has 0 radical (unpaired) electrons. The largest absolute Gasteiger partial charge is 0.497 e. The number of imidazole rings is 1. The lowest BCUT2D eigenvalue weighted by Crippen LogP contribution is -2.40. The molecule has 0 aliphatic heterocycles. The average Bonchev–Trinajstić information content (AvgIpc) is 3.26. The highest BCUT2D eigenvalue weighted by molar-refractivity contribution is 5.93. The monoisotopic (exact) mass is 476 g/mol. The Bertz CT molecular complexity index is 1130. The number of benzene rings is 2. The summed E-state index contributed by atoms with van der Waals surface area (Å²) in [5.74, 6) is 1.54. The van der Waals surface area contributed by atoms with Crippen LogP contribution in [0.25, 0.3) is 16.9 Å². The third-order valence-electron chi connectivity index (χ3n) is 5.76. The van der Waals surface area contributed by atoms with Gasteiger partial charge in [-0.3, -0.25) is 19.5 Å². The normalized spacial score (nSPS) is 11.1. The standard InChI is InChI=1S/C28H36N4O3/c1-7-27(34)31(16-19(2)3)18-26(33)30-28-29-25(22-10-14-24(35-6)15-11-22)17-32(28)23-12-8-21(9-13-23)20(4)5/h8-15,17,19-20H,7,16,18H2,1-6H3,(H,29,30,33). The second-order valence-corrected chi connectivity index (χ2v) is 9.36.